The van der Waals surface area contributed by atoms with Crippen molar-refractivity contribution in [2.24, 2.45) is 0 Å². The minimum atomic E-state index is 0.573. The second-order valence-corrected chi connectivity index (χ2v) is 6.09. The summed E-state index contributed by atoms with van der Waals surface area (Å²) in [6.45, 7) is 10.5. The van der Waals surface area contributed by atoms with E-state index in [0.29, 0.717) is 6.04 Å². The number of hydrogen-bond acceptors (Lipinski definition) is 2. The van der Waals surface area contributed by atoms with Gasteiger partial charge in [0, 0.05) is 19.1 Å². The monoisotopic (exact) mass is 329 g/mol. The van der Waals surface area contributed by atoms with Crippen molar-refractivity contribution in [1.82, 2.24) is 15.1 Å². The van der Waals surface area contributed by atoms with Crippen LogP contribution >= 0.6 is 15.9 Å². The van der Waals surface area contributed by atoms with Gasteiger partial charge in [-0.1, -0.05) is 32.6 Å². The number of rotatable bonds is 9. The molecule has 1 aromatic heterocycles. The van der Waals surface area contributed by atoms with Crippen LogP contribution in [0.5, 0.6) is 0 Å². The number of aromatic nitrogens is 2. The third-order valence-electron chi connectivity index (χ3n) is 3.56. The molecule has 4 heteroatoms. The van der Waals surface area contributed by atoms with E-state index in [1.54, 1.807) is 0 Å². The molecule has 0 aliphatic carbocycles. The smallest absolute Gasteiger partial charge is 0.0739 e. The molecule has 1 N–H and O–H groups in total. The van der Waals surface area contributed by atoms with Gasteiger partial charge in [-0.3, -0.25) is 4.68 Å². The van der Waals surface area contributed by atoms with Gasteiger partial charge in [-0.05, 0) is 43.1 Å². The Morgan fingerprint density at radius 1 is 1.26 bits per heavy atom. The molecular formula is C15H28BrN3. The first-order valence-electron chi connectivity index (χ1n) is 7.55. The van der Waals surface area contributed by atoms with Crippen molar-refractivity contribution < 1.29 is 0 Å². The number of nitrogens with one attached hydrogen (secondary N) is 1. The van der Waals surface area contributed by atoms with Gasteiger partial charge in [0.25, 0.3) is 0 Å². The molecule has 0 spiro atoms. The maximum atomic E-state index is 4.52. The summed E-state index contributed by atoms with van der Waals surface area (Å²) in [5.41, 5.74) is 2.34. The van der Waals surface area contributed by atoms with E-state index in [9.17, 15) is 0 Å². The van der Waals surface area contributed by atoms with E-state index < -0.39 is 0 Å². The Morgan fingerprint density at radius 2 is 2.00 bits per heavy atom. The van der Waals surface area contributed by atoms with Crippen LogP contribution in [0.1, 0.15) is 64.3 Å². The summed E-state index contributed by atoms with van der Waals surface area (Å²) < 4.78 is 3.23. The van der Waals surface area contributed by atoms with E-state index in [4.69, 9.17) is 0 Å². The van der Waals surface area contributed by atoms with E-state index in [0.717, 1.165) is 23.3 Å². The van der Waals surface area contributed by atoms with Crippen molar-refractivity contribution in [3.05, 3.63) is 15.9 Å². The fourth-order valence-corrected chi connectivity index (χ4v) is 2.71. The van der Waals surface area contributed by atoms with E-state index in [2.05, 4.69) is 51.8 Å². The second-order valence-electron chi connectivity index (χ2n) is 5.29. The zero-order valence-corrected chi connectivity index (χ0v) is 14.4. The van der Waals surface area contributed by atoms with Crippen molar-refractivity contribution in [2.75, 3.05) is 0 Å². The Bertz CT molecular complexity index is 374. The maximum Gasteiger partial charge on any atom is 0.0739 e. The molecule has 1 heterocycles. The molecular weight excluding hydrogens is 302 g/mol. The van der Waals surface area contributed by atoms with Gasteiger partial charge in [0.15, 0.2) is 0 Å². The van der Waals surface area contributed by atoms with Crippen LogP contribution in [0.3, 0.4) is 0 Å². The molecule has 0 aliphatic heterocycles. The Kier molecular flexibility index (Phi) is 7.69. The Labute approximate surface area is 126 Å². The van der Waals surface area contributed by atoms with Gasteiger partial charge in [-0.2, -0.15) is 5.10 Å². The average molecular weight is 330 g/mol. The average Bonchev–Trinajstić information content (AvgIpc) is 2.68. The Morgan fingerprint density at radius 3 is 2.63 bits per heavy atom. The summed E-state index contributed by atoms with van der Waals surface area (Å²) in [6.07, 6.45) is 6.62. The molecule has 0 amide bonds. The SMILES string of the molecule is CCCCCCC(C)NCc1c(Br)c(C)nn1CC. The molecule has 3 nitrogen and oxygen atoms in total. The van der Waals surface area contributed by atoms with Crippen LogP contribution in [-0.4, -0.2) is 15.8 Å². The molecule has 1 aromatic rings. The van der Waals surface area contributed by atoms with Gasteiger partial charge in [0.2, 0.25) is 0 Å². The van der Waals surface area contributed by atoms with Crippen LogP contribution in [0.4, 0.5) is 0 Å². The summed E-state index contributed by atoms with van der Waals surface area (Å²) in [5.74, 6) is 0. The standard InChI is InChI=1S/C15H28BrN3/c1-5-7-8-9-10-12(3)17-11-14-15(16)13(4)18-19(14)6-2/h12,17H,5-11H2,1-4H3. The van der Waals surface area contributed by atoms with Gasteiger partial charge >= 0.3 is 0 Å². The molecule has 0 fully saturated rings. The number of unbranched alkanes of at least 4 members (excludes halogenated alkanes) is 3. The number of aryl methyl sites for hydroxylation is 2. The number of hydrogen-bond donors (Lipinski definition) is 1. The van der Waals surface area contributed by atoms with Gasteiger partial charge < -0.3 is 5.32 Å². The van der Waals surface area contributed by atoms with Crippen LogP contribution in [0.25, 0.3) is 0 Å². The largest absolute Gasteiger partial charge is 0.309 e. The first-order chi connectivity index (χ1) is 9.10. The minimum Gasteiger partial charge on any atom is -0.309 e. The highest BCUT2D eigenvalue weighted by molar-refractivity contribution is 9.10. The lowest BCUT2D eigenvalue weighted by Crippen LogP contribution is -2.26. The molecule has 0 saturated carbocycles. The van der Waals surface area contributed by atoms with Crippen LogP contribution < -0.4 is 5.32 Å². The predicted molar refractivity (Wildman–Crippen MR) is 85.4 cm³/mol. The molecule has 110 valence electrons. The summed E-state index contributed by atoms with van der Waals surface area (Å²) in [6, 6.07) is 0.573. The van der Waals surface area contributed by atoms with Crippen molar-refractivity contribution in [2.45, 2.75) is 78.9 Å². The number of halogens is 1. The predicted octanol–water partition coefficient (Wildman–Crippen LogP) is 4.42. The summed E-state index contributed by atoms with van der Waals surface area (Å²) in [4.78, 5) is 0. The highest BCUT2D eigenvalue weighted by Gasteiger charge is 2.12. The van der Waals surface area contributed by atoms with E-state index in [1.807, 2.05) is 6.92 Å². The van der Waals surface area contributed by atoms with Gasteiger partial charge in [-0.15, -0.1) is 0 Å². The lowest BCUT2D eigenvalue weighted by atomic mass is 10.1. The lowest BCUT2D eigenvalue weighted by molar-refractivity contribution is 0.468. The molecule has 0 bridgehead atoms. The molecule has 0 radical (unpaired) electrons. The summed E-state index contributed by atoms with van der Waals surface area (Å²) in [5, 5.41) is 8.14. The summed E-state index contributed by atoms with van der Waals surface area (Å²) >= 11 is 3.64. The molecule has 1 rings (SSSR count). The molecule has 0 aliphatic rings. The van der Waals surface area contributed by atoms with Gasteiger partial charge in [0.05, 0.1) is 15.9 Å². The highest BCUT2D eigenvalue weighted by Crippen LogP contribution is 2.21. The molecule has 1 atom stereocenters. The third kappa shape index (κ3) is 5.27. The molecule has 19 heavy (non-hydrogen) atoms. The maximum absolute atomic E-state index is 4.52. The van der Waals surface area contributed by atoms with Crippen LogP contribution in [-0.2, 0) is 13.1 Å². The number of nitrogens with zero attached hydrogens (tertiary/aromatic N) is 2. The summed E-state index contributed by atoms with van der Waals surface area (Å²) in [7, 11) is 0. The van der Waals surface area contributed by atoms with Crippen LogP contribution in [0.2, 0.25) is 0 Å². The van der Waals surface area contributed by atoms with Crippen LogP contribution in [0.15, 0.2) is 4.47 Å². The van der Waals surface area contributed by atoms with Crippen molar-refractivity contribution in [1.29, 1.82) is 0 Å². The fourth-order valence-electron chi connectivity index (χ4n) is 2.29. The second kappa shape index (κ2) is 8.75. The van der Waals surface area contributed by atoms with Crippen molar-refractivity contribution in [3.63, 3.8) is 0 Å². The fraction of sp³-hybridized carbons (Fsp3) is 0.800. The lowest BCUT2D eigenvalue weighted by Gasteiger charge is -2.14. The zero-order chi connectivity index (χ0) is 14.3. The zero-order valence-electron chi connectivity index (χ0n) is 12.8. The third-order valence-corrected chi connectivity index (χ3v) is 4.59. The molecule has 0 aromatic carbocycles. The van der Waals surface area contributed by atoms with E-state index >= 15 is 0 Å². The molecule has 1 unspecified atom stereocenters. The Balaban J connectivity index is 2.39. The van der Waals surface area contributed by atoms with Crippen molar-refractivity contribution in [3.8, 4) is 0 Å². The van der Waals surface area contributed by atoms with E-state index in [1.165, 1.54) is 37.8 Å². The topological polar surface area (TPSA) is 29.9 Å². The quantitative estimate of drug-likeness (QED) is 0.679. The van der Waals surface area contributed by atoms with E-state index in [-0.39, 0.29) is 0 Å². The van der Waals surface area contributed by atoms with Crippen LogP contribution in [0, 0.1) is 6.92 Å². The highest BCUT2D eigenvalue weighted by atomic mass is 79.9. The normalized spacial score (nSPS) is 12.9. The van der Waals surface area contributed by atoms with Gasteiger partial charge in [-0.25, -0.2) is 0 Å². The van der Waals surface area contributed by atoms with Gasteiger partial charge in [0.1, 0.15) is 0 Å². The molecule has 0 saturated heterocycles. The first-order valence-corrected chi connectivity index (χ1v) is 8.34. The Hall–Kier alpha value is -0.350. The van der Waals surface area contributed by atoms with Crippen molar-refractivity contribution >= 4 is 15.9 Å². The minimum absolute atomic E-state index is 0.573. The first kappa shape index (κ1) is 16.7.